The van der Waals surface area contributed by atoms with Crippen LogP contribution in [0.1, 0.15) is 5.56 Å². The summed E-state index contributed by atoms with van der Waals surface area (Å²) in [5.41, 5.74) is 7.94. The average Bonchev–Trinajstić information content (AvgIpc) is 2.38. The molecule has 3 nitrogen and oxygen atoms in total. The van der Waals surface area contributed by atoms with Gasteiger partial charge in [-0.15, -0.1) is 0 Å². The molecule has 0 saturated heterocycles. The Morgan fingerprint density at radius 2 is 1.75 bits per heavy atom. The standard InChI is InChI=1S/C15H14ClNO2S/c16-14-6-2-5-13(8-14)12-4-1-3-11(7-12)9-20(19)10-15(17)18/h1-8H,9-10H2,(H2,17,18)/t20-/m1/s1. The molecule has 1 amide bonds. The van der Waals surface area contributed by atoms with Gasteiger partial charge in [0.25, 0.3) is 0 Å². The second-order valence-corrected chi connectivity index (χ2v) is 6.30. The van der Waals surface area contributed by atoms with E-state index in [4.69, 9.17) is 17.3 Å². The highest BCUT2D eigenvalue weighted by Gasteiger charge is 2.07. The minimum Gasteiger partial charge on any atom is -0.369 e. The van der Waals surface area contributed by atoms with Crippen molar-refractivity contribution in [3.8, 4) is 11.1 Å². The zero-order chi connectivity index (χ0) is 14.5. The van der Waals surface area contributed by atoms with Crippen LogP contribution in [0.2, 0.25) is 5.02 Å². The van der Waals surface area contributed by atoms with Crippen molar-refractivity contribution in [2.75, 3.05) is 5.75 Å². The average molecular weight is 308 g/mol. The van der Waals surface area contributed by atoms with Gasteiger partial charge in [0.05, 0.1) is 0 Å². The lowest BCUT2D eigenvalue weighted by Gasteiger charge is -2.06. The summed E-state index contributed by atoms with van der Waals surface area (Å²) >= 11 is 5.98. The van der Waals surface area contributed by atoms with Crippen molar-refractivity contribution >= 4 is 28.3 Å². The van der Waals surface area contributed by atoms with Gasteiger partial charge in [-0.2, -0.15) is 0 Å². The van der Waals surface area contributed by atoms with Gasteiger partial charge in [-0.3, -0.25) is 9.00 Å². The van der Waals surface area contributed by atoms with E-state index in [1.165, 1.54) is 0 Å². The van der Waals surface area contributed by atoms with Crippen LogP contribution in [-0.4, -0.2) is 15.9 Å². The molecule has 104 valence electrons. The predicted octanol–water partition coefficient (Wildman–Crippen LogP) is 2.74. The largest absolute Gasteiger partial charge is 0.369 e. The lowest BCUT2D eigenvalue weighted by molar-refractivity contribution is -0.115. The number of nitrogens with two attached hydrogens (primary N) is 1. The maximum atomic E-state index is 11.7. The van der Waals surface area contributed by atoms with Gasteiger partial charge in [-0.1, -0.05) is 48.0 Å². The first-order valence-corrected chi connectivity index (χ1v) is 7.89. The van der Waals surface area contributed by atoms with Crippen molar-refractivity contribution in [2.24, 2.45) is 5.73 Å². The number of carbonyl (C=O) groups is 1. The fraction of sp³-hybridized carbons (Fsp3) is 0.133. The molecule has 0 aliphatic heterocycles. The third-order valence-corrected chi connectivity index (χ3v) is 4.21. The zero-order valence-electron chi connectivity index (χ0n) is 10.7. The van der Waals surface area contributed by atoms with E-state index in [-0.39, 0.29) is 5.75 Å². The van der Waals surface area contributed by atoms with Gasteiger partial charge in [0.2, 0.25) is 5.91 Å². The van der Waals surface area contributed by atoms with Crippen molar-refractivity contribution in [3.05, 3.63) is 59.1 Å². The Labute approximate surface area is 125 Å². The van der Waals surface area contributed by atoms with E-state index in [9.17, 15) is 9.00 Å². The van der Waals surface area contributed by atoms with Crippen LogP contribution >= 0.6 is 11.6 Å². The lowest BCUT2D eigenvalue weighted by atomic mass is 10.0. The second-order valence-electron chi connectivity index (χ2n) is 4.41. The summed E-state index contributed by atoms with van der Waals surface area (Å²) in [7, 11) is -1.27. The minimum absolute atomic E-state index is 0.110. The van der Waals surface area contributed by atoms with E-state index >= 15 is 0 Å². The SMILES string of the molecule is NC(=O)C[S@](=O)Cc1cccc(-c2cccc(Cl)c2)c1. The number of amides is 1. The molecule has 0 aliphatic rings. The lowest BCUT2D eigenvalue weighted by Crippen LogP contribution is -2.20. The minimum atomic E-state index is -1.27. The molecule has 2 aromatic rings. The molecule has 0 spiro atoms. The van der Waals surface area contributed by atoms with Gasteiger partial charge in [0.1, 0.15) is 5.75 Å². The number of hydrogen-bond donors (Lipinski definition) is 1. The van der Waals surface area contributed by atoms with E-state index in [2.05, 4.69) is 0 Å². The third kappa shape index (κ3) is 4.18. The molecular weight excluding hydrogens is 294 g/mol. The third-order valence-electron chi connectivity index (χ3n) is 2.72. The Morgan fingerprint density at radius 3 is 2.40 bits per heavy atom. The van der Waals surface area contributed by atoms with E-state index in [1.54, 1.807) is 0 Å². The van der Waals surface area contributed by atoms with Crippen molar-refractivity contribution in [1.29, 1.82) is 0 Å². The molecule has 2 aromatic carbocycles. The van der Waals surface area contributed by atoms with Crippen LogP contribution in [-0.2, 0) is 21.3 Å². The molecule has 2 N–H and O–H groups in total. The molecule has 0 aromatic heterocycles. The molecular formula is C15H14ClNO2S. The Morgan fingerprint density at radius 1 is 1.10 bits per heavy atom. The molecule has 0 radical (unpaired) electrons. The molecule has 0 saturated carbocycles. The summed E-state index contributed by atoms with van der Waals surface area (Å²) in [5.74, 6) is -0.340. The fourth-order valence-electron chi connectivity index (χ4n) is 1.90. The number of benzene rings is 2. The number of rotatable bonds is 5. The summed E-state index contributed by atoms with van der Waals surface area (Å²) in [5, 5.41) is 0.671. The van der Waals surface area contributed by atoms with Crippen molar-refractivity contribution < 1.29 is 9.00 Å². The molecule has 0 aliphatic carbocycles. The Bertz CT molecular complexity index is 658. The van der Waals surface area contributed by atoms with Crippen LogP contribution < -0.4 is 5.73 Å². The fourth-order valence-corrected chi connectivity index (χ4v) is 3.07. The van der Waals surface area contributed by atoms with Gasteiger partial charge in [-0.25, -0.2) is 0 Å². The highest BCUT2D eigenvalue weighted by Crippen LogP contribution is 2.23. The van der Waals surface area contributed by atoms with E-state index in [0.717, 1.165) is 16.7 Å². The van der Waals surface area contributed by atoms with Gasteiger partial charge < -0.3 is 5.73 Å². The second kappa shape index (κ2) is 6.68. The predicted molar refractivity (Wildman–Crippen MR) is 82.8 cm³/mol. The van der Waals surface area contributed by atoms with E-state index in [1.807, 2.05) is 48.5 Å². The molecule has 20 heavy (non-hydrogen) atoms. The van der Waals surface area contributed by atoms with Crippen LogP contribution in [0.3, 0.4) is 0 Å². The number of halogens is 1. The molecule has 5 heteroatoms. The maximum Gasteiger partial charge on any atom is 0.230 e. The smallest absolute Gasteiger partial charge is 0.230 e. The van der Waals surface area contributed by atoms with E-state index < -0.39 is 16.7 Å². The molecule has 0 fully saturated rings. The van der Waals surface area contributed by atoms with Crippen LogP contribution in [0.25, 0.3) is 11.1 Å². The quantitative estimate of drug-likeness (QED) is 0.923. The first-order valence-electron chi connectivity index (χ1n) is 6.03. The Kier molecular flexibility index (Phi) is 4.93. The number of primary amides is 1. The Balaban J connectivity index is 2.20. The molecule has 1 atom stereocenters. The summed E-state index contributed by atoms with van der Waals surface area (Å²) < 4.78 is 11.7. The van der Waals surface area contributed by atoms with Crippen LogP contribution in [0.5, 0.6) is 0 Å². The first kappa shape index (κ1) is 14.8. The summed E-state index contributed by atoms with van der Waals surface area (Å²) in [4.78, 5) is 10.7. The van der Waals surface area contributed by atoms with Crippen molar-refractivity contribution in [2.45, 2.75) is 5.75 Å². The highest BCUT2D eigenvalue weighted by molar-refractivity contribution is 7.84. The molecule has 0 heterocycles. The molecule has 2 rings (SSSR count). The number of carbonyl (C=O) groups excluding carboxylic acids is 1. The van der Waals surface area contributed by atoms with Crippen LogP contribution in [0.15, 0.2) is 48.5 Å². The molecule has 0 unspecified atom stereocenters. The van der Waals surface area contributed by atoms with Crippen molar-refractivity contribution in [3.63, 3.8) is 0 Å². The Hall–Kier alpha value is -1.65. The van der Waals surface area contributed by atoms with Crippen molar-refractivity contribution in [1.82, 2.24) is 0 Å². The first-order chi connectivity index (χ1) is 9.54. The monoisotopic (exact) mass is 307 g/mol. The summed E-state index contributed by atoms with van der Waals surface area (Å²) in [6.45, 7) is 0. The van der Waals surface area contributed by atoms with Gasteiger partial charge in [-0.05, 0) is 28.8 Å². The normalized spacial score (nSPS) is 12.1. The summed E-state index contributed by atoms with van der Waals surface area (Å²) in [6.07, 6.45) is 0. The molecule has 0 bridgehead atoms. The van der Waals surface area contributed by atoms with Crippen LogP contribution in [0, 0.1) is 0 Å². The van der Waals surface area contributed by atoms with Gasteiger partial charge >= 0.3 is 0 Å². The maximum absolute atomic E-state index is 11.7. The number of hydrogen-bond acceptors (Lipinski definition) is 2. The van der Waals surface area contributed by atoms with Crippen LogP contribution in [0.4, 0.5) is 0 Å². The summed E-state index contributed by atoms with van der Waals surface area (Å²) in [6, 6.07) is 15.2. The highest BCUT2D eigenvalue weighted by atomic mass is 35.5. The van der Waals surface area contributed by atoms with Gasteiger partial charge in [0.15, 0.2) is 0 Å². The topological polar surface area (TPSA) is 60.2 Å². The van der Waals surface area contributed by atoms with E-state index in [0.29, 0.717) is 10.8 Å². The van der Waals surface area contributed by atoms with Gasteiger partial charge in [0, 0.05) is 21.6 Å². The zero-order valence-corrected chi connectivity index (χ0v) is 12.3.